The first-order valence-corrected chi connectivity index (χ1v) is 8.97. The number of halogens is 2. The van der Waals surface area contributed by atoms with Crippen LogP contribution in [0.25, 0.3) is 0 Å². The summed E-state index contributed by atoms with van der Waals surface area (Å²) in [4.78, 5) is 1.24. The van der Waals surface area contributed by atoms with Crippen LogP contribution in [0.2, 0.25) is 0 Å². The van der Waals surface area contributed by atoms with Gasteiger partial charge in [0.2, 0.25) is 0 Å². The lowest BCUT2D eigenvalue weighted by molar-refractivity contribution is 0.527. The smallest absolute Gasteiger partial charge is 0.126 e. The molecule has 0 radical (unpaired) electrons. The Hall–Kier alpha value is -0.840. The van der Waals surface area contributed by atoms with Gasteiger partial charge < -0.3 is 5.32 Å². The Morgan fingerprint density at radius 2 is 1.90 bits per heavy atom. The molecule has 1 N–H and O–H groups in total. The molecule has 0 aliphatic carbocycles. The number of likely N-dealkylation sites (N-methyl/N-ethyl adjacent to an activating group) is 1. The lowest BCUT2D eigenvalue weighted by Gasteiger charge is -2.19. The standard InChI is InChI=1S/C17H19BrFNS/c1-3-20-17(12-4-7-15(21-2)8-5-12)11-13-10-14(18)6-9-16(13)19/h4-10,17,20H,3,11H2,1-2H3. The van der Waals surface area contributed by atoms with E-state index in [4.69, 9.17) is 0 Å². The van der Waals surface area contributed by atoms with Crippen molar-refractivity contribution in [2.45, 2.75) is 24.3 Å². The molecular weight excluding hydrogens is 349 g/mol. The normalized spacial score (nSPS) is 12.4. The maximum atomic E-state index is 14.0. The van der Waals surface area contributed by atoms with E-state index in [9.17, 15) is 4.39 Å². The summed E-state index contributed by atoms with van der Waals surface area (Å²) in [5.74, 6) is -0.151. The largest absolute Gasteiger partial charge is 0.310 e. The first-order chi connectivity index (χ1) is 10.1. The second-order valence-corrected chi connectivity index (χ2v) is 6.62. The topological polar surface area (TPSA) is 12.0 Å². The minimum absolute atomic E-state index is 0.120. The van der Waals surface area contributed by atoms with Crippen LogP contribution in [0.3, 0.4) is 0 Å². The maximum absolute atomic E-state index is 14.0. The molecule has 0 aromatic heterocycles. The summed E-state index contributed by atoms with van der Waals surface area (Å²) in [6.45, 7) is 2.92. The Labute approximate surface area is 138 Å². The Morgan fingerprint density at radius 3 is 2.52 bits per heavy atom. The molecular formula is C17H19BrFNS. The van der Waals surface area contributed by atoms with Gasteiger partial charge in [0.1, 0.15) is 5.82 Å². The van der Waals surface area contributed by atoms with Gasteiger partial charge in [0, 0.05) is 15.4 Å². The molecule has 1 atom stereocenters. The van der Waals surface area contributed by atoms with Crippen molar-refractivity contribution < 1.29 is 4.39 Å². The Bertz CT molecular complexity index is 586. The number of hydrogen-bond donors (Lipinski definition) is 1. The fourth-order valence-electron chi connectivity index (χ4n) is 2.31. The second kappa shape index (κ2) is 7.97. The summed E-state index contributed by atoms with van der Waals surface area (Å²) in [7, 11) is 0. The van der Waals surface area contributed by atoms with Gasteiger partial charge in [-0.3, -0.25) is 0 Å². The summed E-state index contributed by atoms with van der Waals surface area (Å²) >= 11 is 5.13. The molecule has 0 saturated carbocycles. The first kappa shape index (κ1) is 16.5. The maximum Gasteiger partial charge on any atom is 0.126 e. The molecule has 0 spiro atoms. The molecule has 0 bridgehead atoms. The van der Waals surface area contributed by atoms with Gasteiger partial charge in [0.05, 0.1) is 0 Å². The van der Waals surface area contributed by atoms with Crippen molar-refractivity contribution in [2.75, 3.05) is 12.8 Å². The highest BCUT2D eigenvalue weighted by molar-refractivity contribution is 9.10. The summed E-state index contributed by atoms with van der Waals surface area (Å²) < 4.78 is 14.9. The number of nitrogens with one attached hydrogen (secondary N) is 1. The molecule has 21 heavy (non-hydrogen) atoms. The zero-order valence-corrected chi connectivity index (χ0v) is 14.6. The van der Waals surface area contributed by atoms with E-state index >= 15 is 0 Å². The molecule has 4 heteroatoms. The molecule has 0 aliphatic rings. The highest BCUT2D eigenvalue weighted by atomic mass is 79.9. The van der Waals surface area contributed by atoms with Crippen molar-refractivity contribution in [3.05, 3.63) is 63.9 Å². The average molecular weight is 368 g/mol. The molecule has 0 amide bonds. The van der Waals surface area contributed by atoms with Crippen molar-refractivity contribution in [3.8, 4) is 0 Å². The van der Waals surface area contributed by atoms with Crippen molar-refractivity contribution in [2.24, 2.45) is 0 Å². The summed E-state index contributed by atoms with van der Waals surface area (Å²) in [5.41, 5.74) is 1.92. The summed E-state index contributed by atoms with van der Waals surface area (Å²) in [6.07, 6.45) is 2.70. The van der Waals surface area contributed by atoms with E-state index in [0.29, 0.717) is 6.42 Å². The summed E-state index contributed by atoms with van der Waals surface area (Å²) in [5, 5.41) is 3.44. The Kier molecular flexibility index (Phi) is 6.27. The van der Waals surface area contributed by atoms with E-state index < -0.39 is 0 Å². The van der Waals surface area contributed by atoms with Crippen LogP contribution in [0.15, 0.2) is 51.8 Å². The second-order valence-electron chi connectivity index (χ2n) is 4.82. The first-order valence-electron chi connectivity index (χ1n) is 6.95. The third-order valence-corrected chi connectivity index (χ3v) is 4.64. The third-order valence-electron chi connectivity index (χ3n) is 3.40. The van der Waals surface area contributed by atoms with Crippen LogP contribution < -0.4 is 5.32 Å². The van der Waals surface area contributed by atoms with Gasteiger partial charge in [0.25, 0.3) is 0 Å². The summed E-state index contributed by atoms with van der Waals surface area (Å²) in [6, 6.07) is 13.7. The van der Waals surface area contributed by atoms with E-state index in [2.05, 4.69) is 58.7 Å². The predicted octanol–water partition coefficient (Wildman–Crippen LogP) is 5.20. The minimum atomic E-state index is -0.151. The van der Waals surface area contributed by atoms with Gasteiger partial charge in [-0.25, -0.2) is 4.39 Å². The average Bonchev–Trinajstić information content (AvgIpc) is 2.50. The molecule has 2 aromatic rings. The van der Waals surface area contributed by atoms with Crippen LogP contribution >= 0.6 is 27.7 Å². The molecule has 2 aromatic carbocycles. The number of hydrogen-bond acceptors (Lipinski definition) is 2. The van der Waals surface area contributed by atoms with Gasteiger partial charge in [-0.05, 0) is 60.7 Å². The predicted molar refractivity (Wildman–Crippen MR) is 92.4 cm³/mol. The molecule has 0 heterocycles. The Morgan fingerprint density at radius 1 is 1.19 bits per heavy atom. The third kappa shape index (κ3) is 4.56. The van der Waals surface area contributed by atoms with Crippen LogP contribution in [-0.2, 0) is 6.42 Å². The van der Waals surface area contributed by atoms with Crippen LogP contribution in [0.4, 0.5) is 4.39 Å². The minimum Gasteiger partial charge on any atom is -0.310 e. The zero-order chi connectivity index (χ0) is 15.2. The van der Waals surface area contributed by atoms with Gasteiger partial charge in [-0.15, -0.1) is 11.8 Å². The van der Waals surface area contributed by atoms with Crippen molar-refractivity contribution in [1.82, 2.24) is 5.32 Å². The van der Waals surface area contributed by atoms with Crippen molar-refractivity contribution in [1.29, 1.82) is 0 Å². The molecule has 0 fully saturated rings. The number of benzene rings is 2. The van der Waals surface area contributed by atoms with E-state index in [1.807, 2.05) is 6.07 Å². The van der Waals surface area contributed by atoms with Crippen LogP contribution in [0.5, 0.6) is 0 Å². The fourth-order valence-corrected chi connectivity index (χ4v) is 3.13. The van der Waals surface area contributed by atoms with Crippen molar-refractivity contribution in [3.63, 3.8) is 0 Å². The SMILES string of the molecule is CCNC(Cc1cc(Br)ccc1F)c1ccc(SC)cc1. The lowest BCUT2D eigenvalue weighted by atomic mass is 9.98. The van der Waals surface area contributed by atoms with E-state index in [0.717, 1.165) is 16.6 Å². The van der Waals surface area contributed by atoms with Crippen LogP contribution in [-0.4, -0.2) is 12.8 Å². The quantitative estimate of drug-likeness (QED) is 0.703. The highest BCUT2D eigenvalue weighted by Gasteiger charge is 2.14. The molecule has 2 rings (SSSR count). The molecule has 1 unspecified atom stereocenters. The van der Waals surface area contributed by atoms with Gasteiger partial charge >= 0.3 is 0 Å². The number of rotatable bonds is 6. The highest BCUT2D eigenvalue weighted by Crippen LogP contribution is 2.24. The van der Waals surface area contributed by atoms with Gasteiger partial charge in [0.15, 0.2) is 0 Å². The fraction of sp³-hybridized carbons (Fsp3) is 0.294. The Balaban J connectivity index is 2.23. The van der Waals surface area contributed by atoms with Crippen LogP contribution in [0, 0.1) is 5.82 Å². The molecule has 0 aliphatic heterocycles. The zero-order valence-electron chi connectivity index (χ0n) is 12.2. The van der Waals surface area contributed by atoms with Crippen molar-refractivity contribution >= 4 is 27.7 Å². The number of thioether (sulfide) groups is 1. The van der Waals surface area contributed by atoms with Gasteiger partial charge in [-0.1, -0.05) is 35.0 Å². The lowest BCUT2D eigenvalue weighted by Crippen LogP contribution is -2.23. The van der Waals surface area contributed by atoms with E-state index in [1.165, 1.54) is 16.5 Å². The monoisotopic (exact) mass is 367 g/mol. The van der Waals surface area contributed by atoms with Gasteiger partial charge in [-0.2, -0.15) is 0 Å². The van der Waals surface area contributed by atoms with E-state index in [-0.39, 0.29) is 11.9 Å². The van der Waals surface area contributed by atoms with E-state index in [1.54, 1.807) is 17.8 Å². The van der Waals surface area contributed by atoms with Crippen LogP contribution in [0.1, 0.15) is 24.1 Å². The molecule has 112 valence electrons. The molecule has 1 nitrogen and oxygen atoms in total. The molecule has 0 saturated heterocycles.